The number of esters is 1. The first-order valence-corrected chi connectivity index (χ1v) is 10.3. The number of nitrogens with zero attached hydrogens (tertiary/aromatic N) is 1. The number of hydrogen-bond acceptors (Lipinski definition) is 3. The van der Waals surface area contributed by atoms with Gasteiger partial charge in [-0.2, -0.15) is 0 Å². The van der Waals surface area contributed by atoms with Gasteiger partial charge in [0.1, 0.15) is 6.04 Å². The van der Waals surface area contributed by atoms with E-state index < -0.39 is 0 Å². The highest BCUT2D eigenvalue weighted by molar-refractivity contribution is 5.80. The summed E-state index contributed by atoms with van der Waals surface area (Å²) in [5.74, 6) is -0.0107. The number of methoxy groups -OCH3 is 1. The molecule has 3 saturated carbocycles. The largest absolute Gasteiger partial charge is 0.469 e. The van der Waals surface area contributed by atoms with Crippen LogP contribution in [0.3, 0.4) is 0 Å². The number of carbonyl (C=O) groups excluding carboxylic acids is 1. The van der Waals surface area contributed by atoms with Gasteiger partial charge in [-0.15, -0.1) is 0 Å². The summed E-state index contributed by atoms with van der Waals surface area (Å²) in [5.41, 5.74) is 3.02. The number of quaternary nitrogens is 1. The Balaban J connectivity index is 1.67. The van der Waals surface area contributed by atoms with Gasteiger partial charge in [0.05, 0.1) is 44.1 Å². The van der Waals surface area contributed by atoms with E-state index in [-0.39, 0.29) is 22.8 Å². The van der Waals surface area contributed by atoms with Crippen LogP contribution in [0.4, 0.5) is 5.69 Å². The van der Waals surface area contributed by atoms with Gasteiger partial charge in [0.25, 0.3) is 0 Å². The van der Waals surface area contributed by atoms with Crippen LogP contribution in [0, 0.1) is 11.3 Å². The summed E-state index contributed by atoms with van der Waals surface area (Å²) in [6.45, 7) is 2.55. The standard InChI is InChI=1S/C22H29N2O2/c1-24-12-5-8-20-9-10-22(16(14-20)18(25)26-2)21(11-13-24,19(20)24)15-6-3-4-7-17(15)23-22/h3-4,6-7,16,19,23H,5,8-14H2,1-2H3/q+1/t16-,19-,20+,21+,22-,24-/m0/s1. The number of rotatable bonds is 1. The molecule has 3 spiro atoms. The van der Waals surface area contributed by atoms with E-state index in [1.165, 1.54) is 54.5 Å². The average molecular weight is 353 g/mol. The Labute approximate surface area is 155 Å². The molecule has 2 bridgehead atoms. The number of piperidine rings is 1. The van der Waals surface area contributed by atoms with Crippen molar-refractivity contribution in [3.63, 3.8) is 0 Å². The summed E-state index contributed by atoms with van der Waals surface area (Å²) < 4.78 is 6.58. The van der Waals surface area contributed by atoms with Gasteiger partial charge in [0.15, 0.2) is 0 Å². The number of likely N-dealkylation sites (N-methyl/N-ethyl adjacent to an activating group) is 1. The van der Waals surface area contributed by atoms with Crippen LogP contribution >= 0.6 is 0 Å². The monoisotopic (exact) mass is 353 g/mol. The molecular weight excluding hydrogens is 324 g/mol. The number of fused-ring (bicyclic) bond motifs is 3. The summed E-state index contributed by atoms with van der Waals surface area (Å²) in [7, 11) is 4.07. The normalized spacial score (nSPS) is 49.8. The Morgan fingerprint density at radius 3 is 2.88 bits per heavy atom. The van der Waals surface area contributed by atoms with Crippen molar-refractivity contribution in [2.75, 3.05) is 32.6 Å². The molecule has 1 N–H and O–H groups in total. The fraction of sp³-hybridized carbons (Fsp3) is 0.682. The zero-order valence-corrected chi connectivity index (χ0v) is 15.9. The van der Waals surface area contributed by atoms with Crippen molar-refractivity contribution in [3.8, 4) is 0 Å². The van der Waals surface area contributed by atoms with Crippen LogP contribution < -0.4 is 5.32 Å². The van der Waals surface area contributed by atoms with Crippen molar-refractivity contribution in [1.29, 1.82) is 0 Å². The fourth-order valence-electron chi connectivity index (χ4n) is 8.79. The number of nitrogens with one attached hydrogen (secondary N) is 1. The van der Waals surface area contributed by atoms with E-state index in [4.69, 9.17) is 4.74 Å². The maximum absolute atomic E-state index is 13.0. The highest BCUT2D eigenvalue weighted by Crippen LogP contribution is 2.75. The van der Waals surface area contributed by atoms with Crippen LogP contribution in [-0.4, -0.2) is 49.3 Å². The van der Waals surface area contributed by atoms with Crippen molar-refractivity contribution >= 4 is 11.7 Å². The van der Waals surface area contributed by atoms with Gasteiger partial charge in [-0.1, -0.05) is 18.2 Å². The molecule has 3 heterocycles. The van der Waals surface area contributed by atoms with E-state index in [1.807, 2.05) is 0 Å². The third-order valence-corrected chi connectivity index (χ3v) is 9.30. The highest BCUT2D eigenvalue weighted by atomic mass is 16.5. The van der Waals surface area contributed by atoms with E-state index in [0.717, 1.165) is 12.8 Å². The van der Waals surface area contributed by atoms with E-state index in [9.17, 15) is 4.79 Å². The predicted molar refractivity (Wildman–Crippen MR) is 99.8 cm³/mol. The van der Waals surface area contributed by atoms with Gasteiger partial charge in [-0.3, -0.25) is 4.79 Å². The second-order valence-corrected chi connectivity index (χ2v) is 9.94. The maximum Gasteiger partial charge on any atom is 0.311 e. The topological polar surface area (TPSA) is 38.3 Å². The summed E-state index contributed by atoms with van der Waals surface area (Å²) in [6.07, 6.45) is 7.19. The van der Waals surface area contributed by atoms with E-state index >= 15 is 0 Å². The van der Waals surface area contributed by atoms with Gasteiger partial charge >= 0.3 is 5.97 Å². The van der Waals surface area contributed by atoms with Crippen LogP contribution in [0.1, 0.15) is 44.1 Å². The molecule has 0 amide bonds. The molecule has 4 heteroatoms. The Morgan fingerprint density at radius 1 is 1.19 bits per heavy atom. The second-order valence-electron chi connectivity index (χ2n) is 9.94. The van der Waals surface area contributed by atoms with Crippen LogP contribution in [0.2, 0.25) is 0 Å². The quantitative estimate of drug-likeness (QED) is 0.623. The molecule has 2 saturated heterocycles. The maximum atomic E-state index is 13.0. The van der Waals surface area contributed by atoms with Gasteiger partial charge in [0, 0.05) is 17.5 Å². The molecule has 6 atom stereocenters. The summed E-state index contributed by atoms with van der Waals surface area (Å²) >= 11 is 0. The second kappa shape index (κ2) is 4.46. The Morgan fingerprint density at radius 2 is 2.04 bits per heavy atom. The van der Waals surface area contributed by atoms with Crippen molar-refractivity contribution in [1.82, 2.24) is 0 Å². The molecule has 0 unspecified atom stereocenters. The van der Waals surface area contributed by atoms with Gasteiger partial charge < -0.3 is 14.5 Å². The zero-order chi connectivity index (χ0) is 17.8. The first-order chi connectivity index (χ1) is 12.5. The minimum Gasteiger partial charge on any atom is -0.469 e. The van der Waals surface area contributed by atoms with Gasteiger partial charge in [-0.05, 0) is 43.7 Å². The fourth-order valence-corrected chi connectivity index (χ4v) is 8.79. The lowest BCUT2D eigenvalue weighted by atomic mass is 9.38. The summed E-state index contributed by atoms with van der Waals surface area (Å²) in [6, 6.07) is 9.56. The third kappa shape index (κ3) is 1.38. The summed E-state index contributed by atoms with van der Waals surface area (Å²) in [5, 5.41) is 3.96. The van der Waals surface area contributed by atoms with E-state index in [0.29, 0.717) is 11.5 Å². The molecule has 26 heavy (non-hydrogen) atoms. The lowest BCUT2D eigenvalue weighted by molar-refractivity contribution is -0.939. The number of hydrogen-bond donors (Lipinski definition) is 1. The molecule has 0 radical (unpaired) electrons. The molecule has 7 rings (SSSR count). The number of ether oxygens (including phenoxy) is 1. The smallest absolute Gasteiger partial charge is 0.311 e. The van der Waals surface area contributed by atoms with E-state index in [2.05, 4.69) is 36.6 Å². The van der Waals surface area contributed by atoms with Gasteiger partial charge in [-0.25, -0.2) is 0 Å². The molecule has 5 fully saturated rings. The van der Waals surface area contributed by atoms with Crippen molar-refractivity contribution in [2.45, 2.75) is 55.5 Å². The van der Waals surface area contributed by atoms with Crippen molar-refractivity contribution in [3.05, 3.63) is 29.8 Å². The van der Waals surface area contributed by atoms with Gasteiger partial charge in [0.2, 0.25) is 0 Å². The van der Waals surface area contributed by atoms with Crippen LogP contribution in [-0.2, 0) is 14.9 Å². The minimum absolute atomic E-state index is 0.00822. The van der Waals surface area contributed by atoms with Crippen LogP contribution in [0.15, 0.2) is 24.3 Å². The molecular formula is C22H29N2O2+. The zero-order valence-electron chi connectivity index (χ0n) is 15.9. The molecule has 138 valence electrons. The highest BCUT2D eigenvalue weighted by Gasteiger charge is 2.83. The lowest BCUT2D eigenvalue weighted by Gasteiger charge is -2.68. The van der Waals surface area contributed by atoms with Crippen LogP contribution in [0.25, 0.3) is 0 Å². The molecule has 4 nitrogen and oxygen atoms in total. The molecule has 3 aliphatic carbocycles. The van der Waals surface area contributed by atoms with Crippen molar-refractivity contribution in [2.24, 2.45) is 11.3 Å². The first-order valence-electron chi connectivity index (χ1n) is 10.3. The Hall–Kier alpha value is -1.55. The molecule has 3 aliphatic heterocycles. The molecule has 1 aromatic rings. The Bertz CT molecular complexity index is 824. The Kier molecular flexibility index (Phi) is 2.66. The first kappa shape index (κ1) is 15.5. The predicted octanol–water partition coefficient (Wildman–Crippen LogP) is 3.07. The number of anilines is 1. The minimum atomic E-state index is -0.149. The molecule has 1 aromatic carbocycles. The number of para-hydroxylation sites is 1. The summed E-state index contributed by atoms with van der Waals surface area (Å²) in [4.78, 5) is 13.0. The third-order valence-electron chi connectivity index (χ3n) is 9.30. The SMILES string of the molecule is COC(=O)[C@@H]1C[C@@]23CCC[N@@+]4(C)CC[C@@]5(c6ccccc6N[C@@]15CC2)[C@H]34. The molecule has 0 aromatic heterocycles. The van der Waals surface area contributed by atoms with Crippen LogP contribution in [0.5, 0.6) is 0 Å². The average Bonchev–Trinajstić information content (AvgIpc) is 3.15. The lowest BCUT2D eigenvalue weighted by Crippen LogP contribution is -2.79. The number of carbonyl (C=O) groups is 1. The molecule has 6 aliphatic rings. The van der Waals surface area contributed by atoms with Crippen molar-refractivity contribution < 1.29 is 14.0 Å². The number of benzene rings is 1. The van der Waals surface area contributed by atoms with E-state index in [1.54, 1.807) is 7.11 Å².